The largest absolute Gasteiger partial charge is 0.497 e. The molecule has 130 valence electrons. The molecule has 1 aromatic heterocycles. The minimum atomic E-state index is 0.681. The van der Waals surface area contributed by atoms with E-state index in [9.17, 15) is 0 Å². The maximum Gasteiger partial charge on any atom is 0.134 e. The zero-order valence-corrected chi connectivity index (χ0v) is 14.8. The molecule has 0 amide bonds. The lowest BCUT2D eigenvalue weighted by molar-refractivity contribution is 0.398. The van der Waals surface area contributed by atoms with Gasteiger partial charge in [0.1, 0.15) is 17.2 Å². The van der Waals surface area contributed by atoms with E-state index in [0.29, 0.717) is 6.54 Å². The Hall–Kier alpha value is -3.27. The van der Waals surface area contributed by atoms with E-state index in [0.717, 1.165) is 33.7 Å². The topological polar surface area (TPSA) is 36.3 Å². The summed E-state index contributed by atoms with van der Waals surface area (Å²) in [7, 11) is 3.34. The predicted molar refractivity (Wildman–Crippen MR) is 104 cm³/mol. The molecular formula is C22H20N2O2. The molecule has 0 aliphatic carbocycles. The third-order valence-corrected chi connectivity index (χ3v) is 4.47. The van der Waals surface area contributed by atoms with Gasteiger partial charge in [-0.1, -0.05) is 60.7 Å². The lowest BCUT2D eigenvalue weighted by Crippen LogP contribution is -2.01. The summed E-state index contributed by atoms with van der Waals surface area (Å²) in [4.78, 5) is 0. The Labute approximate surface area is 152 Å². The summed E-state index contributed by atoms with van der Waals surface area (Å²) in [5, 5.41) is 5.92. The van der Waals surface area contributed by atoms with Crippen LogP contribution in [0.4, 0.5) is 0 Å². The number of hydrogen-bond donors (Lipinski definition) is 0. The summed E-state index contributed by atoms with van der Waals surface area (Å²) in [5.74, 6) is 1.51. The first-order valence-corrected chi connectivity index (χ1v) is 8.52. The molecular weight excluding hydrogens is 324 g/mol. The molecule has 0 saturated heterocycles. The van der Waals surface area contributed by atoms with Gasteiger partial charge in [-0.05, 0) is 5.56 Å². The lowest BCUT2D eigenvalue weighted by atomic mass is 10.1. The van der Waals surface area contributed by atoms with Crippen molar-refractivity contribution < 1.29 is 9.47 Å². The number of rotatable bonds is 5. The average Bonchev–Trinajstić information content (AvgIpc) is 3.07. The van der Waals surface area contributed by atoms with Crippen molar-refractivity contribution in [3.63, 3.8) is 0 Å². The fraction of sp³-hybridized carbons (Fsp3) is 0.136. The van der Waals surface area contributed by atoms with Crippen molar-refractivity contribution in [2.75, 3.05) is 14.2 Å². The van der Waals surface area contributed by atoms with Crippen LogP contribution in [-0.4, -0.2) is 24.0 Å². The van der Waals surface area contributed by atoms with E-state index < -0.39 is 0 Å². The number of benzene rings is 3. The molecule has 4 rings (SSSR count). The lowest BCUT2D eigenvalue weighted by Gasteiger charge is -2.08. The third kappa shape index (κ3) is 2.90. The van der Waals surface area contributed by atoms with E-state index in [-0.39, 0.29) is 0 Å². The van der Waals surface area contributed by atoms with Gasteiger partial charge in [-0.25, -0.2) is 0 Å². The molecule has 26 heavy (non-hydrogen) atoms. The van der Waals surface area contributed by atoms with Gasteiger partial charge in [0.05, 0.1) is 31.7 Å². The Morgan fingerprint density at radius 3 is 2.19 bits per heavy atom. The normalized spacial score (nSPS) is 10.8. The van der Waals surface area contributed by atoms with Crippen molar-refractivity contribution >= 4 is 10.9 Å². The molecule has 0 aliphatic rings. The molecule has 0 bridgehead atoms. The molecule has 0 fully saturated rings. The van der Waals surface area contributed by atoms with Gasteiger partial charge in [0, 0.05) is 17.7 Å². The monoisotopic (exact) mass is 344 g/mol. The van der Waals surface area contributed by atoms with Crippen molar-refractivity contribution in [1.29, 1.82) is 0 Å². The molecule has 0 radical (unpaired) electrons. The molecule has 0 N–H and O–H groups in total. The molecule has 0 spiro atoms. The van der Waals surface area contributed by atoms with E-state index in [2.05, 4.69) is 24.3 Å². The Morgan fingerprint density at radius 1 is 0.846 bits per heavy atom. The van der Waals surface area contributed by atoms with Crippen molar-refractivity contribution in [1.82, 2.24) is 9.78 Å². The fourth-order valence-electron chi connectivity index (χ4n) is 3.20. The van der Waals surface area contributed by atoms with Crippen LogP contribution < -0.4 is 9.47 Å². The number of aromatic nitrogens is 2. The van der Waals surface area contributed by atoms with Crippen molar-refractivity contribution in [3.8, 4) is 22.8 Å². The van der Waals surface area contributed by atoms with Crippen LogP contribution in [-0.2, 0) is 6.54 Å². The summed E-state index contributed by atoms with van der Waals surface area (Å²) < 4.78 is 13.1. The van der Waals surface area contributed by atoms with Crippen molar-refractivity contribution in [3.05, 3.63) is 78.4 Å². The van der Waals surface area contributed by atoms with E-state index >= 15 is 0 Å². The van der Waals surface area contributed by atoms with Crippen LogP contribution in [0, 0.1) is 0 Å². The van der Waals surface area contributed by atoms with E-state index in [1.165, 1.54) is 5.56 Å². The first-order chi connectivity index (χ1) is 12.8. The second kappa shape index (κ2) is 6.92. The first-order valence-electron chi connectivity index (χ1n) is 8.52. The van der Waals surface area contributed by atoms with Gasteiger partial charge in [0.2, 0.25) is 0 Å². The highest BCUT2D eigenvalue weighted by molar-refractivity contribution is 5.99. The highest BCUT2D eigenvalue weighted by atomic mass is 16.5. The van der Waals surface area contributed by atoms with Gasteiger partial charge >= 0.3 is 0 Å². The van der Waals surface area contributed by atoms with E-state index in [1.807, 2.05) is 53.2 Å². The Balaban J connectivity index is 1.96. The minimum absolute atomic E-state index is 0.681. The quantitative estimate of drug-likeness (QED) is 0.523. The van der Waals surface area contributed by atoms with Gasteiger partial charge in [-0.3, -0.25) is 4.68 Å². The zero-order chi connectivity index (χ0) is 17.9. The van der Waals surface area contributed by atoms with Crippen LogP contribution in [0.1, 0.15) is 5.56 Å². The Bertz CT molecular complexity index is 1020. The number of ether oxygens (including phenoxy) is 2. The highest BCUT2D eigenvalue weighted by Gasteiger charge is 2.18. The van der Waals surface area contributed by atoms with Crippen LogP contribution >= 0.6 is 0 Å². The summed E-state index contributed by atoms with van der Waals surface area (Å²) in [5.41, 5.74) is 4.16. The molecule has 3 aromatic carbocycles. The van der Waals surface area contributed by atoms with Crippen molar-refractivity contribution in [2.45, 2.75) is 6.54 Å². The number of hydrogen-bond acceptors (Lipinski definition) is 3. The summed E-state index contributed by atoms with van der Waals surface area (Å²) in [6.45, 7) is 0.681. The smallest absolute Gasteiger partial charge is 0.134 e. The maximum atomic E-state index is 5.66. The molecule has 4 heteroatoms. The molecule has 0 atom stereocenters. The van der Waals surface area contributed by atoms with Crippen LogP contribution in [0.15, 0.2) is 72.8 Å². The Kier molecular flexibility index (Phi) is 4.32. The van der Waals surface area contributed by atoms with Crippen molar-refractivity contribution in [2.24, 2.45) is 0 Å². The van der Waals surface area contributed by atoms with E-state index in [1.54, 1.807) is 14.2 Å². The number of methoxy groups -OCH3 is 2. The van der Waals surface area contributed by atoms with Crippen LogP contribution in [0.3, 0.4) is 0 Å². The standard InChI is InChI=1S/C22H20N2O2/c1-25-18-13-19-21(20(14-18)26-2)22(17-11-7-4-8-12-17)23-24(19)15-16-9-5-3-6-10-16/h3-14H,15H2,1-2H3. The van der Waals surface area contributed by atoms with Crippen LogP contribution in [0.5, 0.6) is 11.5 Å². The molecule has 1 heterocycles. The van der Waals surface area contributed by atoms with Gasteiger partial charge in [-0.15, -0.1) is 0 Å². The highest BCUT2D eigenvalue weighted by Crippen LogP contribution is 2.38. The molecule has 4 aromatic rings. The second-order valence-corrected chi connectivity index (χ2v) is 6.08. The molecule has 0 saturated carbocycles. The summed E-state index contributed by atoms with van der Waals surface area (Å²) in [6.07, 6.45) is 0. The molecule has 0 aliphatic heterocycles. The third-order valence-electron chi connectivity index (χ3n) is 4.47. The summed E-state index contributed by atoms with van der Waals surface area (Å²) >= 11 is 0. The molecule has 0 unspecified atom stereocenters. The minimum Gasteiger partial charge on any atom is -0.497 e. The van der Waals surface area contributed by atoms with Gasteiger partial charge in [0.15, 0.2) is 0 Å². The average molecular weight is 344 g/mol. The first kappa shape index (κ1) is 16.2. The van der Waals surface area contributed by atoms with Gasteiger partial charge < -0.3 is 9.47 Å². The molecule has 4 nitrogen and oxygen atoms in total. The van der Waals surface area contributed by atoms with Crippen LogP contribution in [0.2, 0.25) is 0 Å². The summed E-state index contributed by atoms with van der Waals surface area (Å²) in [6, 6.07) is 24.4. The van der Waals surface area contributed by atoms with Crippen LogP contribution in [0.25, 0.3) is 22.2 Å². The van der Waals surface area contributed by atoms with E-state index in [4.69, 9.17) is 14.6 Å². The number of fused-ring (bicyclic) bond motifs is 1. The van der Waals surface area contributed by atoms with Gasteiger partial charge in [-0.2, -0.15) is 5.10 Å². The number of nitrogens with zero attached hydrogens (tertiary/aromatic N) is 2. The Morgan fingerprint density at radius 2 is 1.54 bits per heavy atom. The zero-order valence-electron chi connectivity index (χ0n) is 14.8. The predicted octanol–water partition coefficient (Wildman–Crippen LogP) is 4.77. The second-order valence-electron chi connectivity index (χ2n) is 6.08. The van der Waals surface area contributed by atoms with Gasteiger partial charge in [0.25, 0.3) is 0 Å². The fourth-order valence-corrected chi connectivity index (χ4v) is 3.20. The maximum absolute atomic E-state index is 5.66. The SMILES string of the molecule is COc1cc(OC)c2c(-c3ccccc3)nn(Cc3ccccc3)c2c1.